The lowest BCUT2D eigenvalue weighted by molar-refractivity contribution is 0.295. The van der Waals surface area contributed by atoms with E-state index in [1.807, 2.05) is 0 Å². The number of unbranched alkanes of at least 4 members (excludes halogenated alkanes) is 1. The van der Waals surface area contributed by atoms with Crippen LogP contribution in [0.25, 0.3) is 0 Å². The minimum atomic E-state index is -4.27. The number of rotatable bonds is 24. The van der Waals surface area contributed by atoms with E-state index in [-0.39, 0.29) is 51.7 Å². The minimum Gasteiger partial charge on any atom is -0.270 e. The molecule has 0 aromatic heterocycles. The summed E-state index contributed by atoms with van der Waals surface area (Å²) in [6, 6.07) is 25.2. The van der Waals surface area contributed by atoms with Crippen LogP contribution in [0.1, 0.15) is 66.3 Å². The number of benzene rings is 5. The lowest BCUT2D eigenvalue weighted by Gasteiger charge is -2.28. The first-order chi connectivity index (χ1) is 30.3. The molecule has 5 aromatic carbocycles. The molecule has 0 saturated heterocycles. The Labute approximate surface area is 426 Å². The fraction of sp³-hybridized carbons (Fsp3) is 0.348. The molecule has 3 atom stereocenters. The van der Waals surface area contributed by atoms with E-state index in [1.54, 1.807) is 91.0 Å². The molecule has 5 aromatic rings. The van der Waals surface area contributed by atoms with Crippen LogP contribution < -0.4 is 0 Å². The highest BCUT2D eigenvalue weighted by molar-refractivity contribution is 7.87. The van der Waals surface area contributed by atoms with Crippen molar-refractivity contribution in [3.8, 4) is 0 Å². The SMILES string of the molecule is O=S(=O)(OCCc1ccc(Cl)cc1Cl)C(CCCCC(Cc1ccc(Cl)cc1Cl)C(CCc1ccc(Cl)cc1Cl)S(=O)(=O)OCCc1ccc(Cl)cc1Cl)CCc1ccc(Cl)cc1Cl. The molecule has 0 bridgehead atoms. The zero-order valence-electron chi connectivity index (χ0n) is 34.1. The van der Waals surface area contributed by atoms with Gasteiger partial charge in [-0.15, -0.1) is 0 Å². The zero-order valence-corrected chi connectivity index (χ0v) is 43.3. The highest BCUT2D eigenvalue weighted by Crippen LogP contribution is 2.35. The van der Waals surface area contributed by atoms with Gasteiger partial charge >= 0.3 is 0 Å². The number of halogens is 10. The Balaban J connectivity index is 1.39. The van der Waals surface area contributed by atoms with Crippen molar-refractivity contribution in [2.75, 3.05) is 13.2 Å². The highest BCUT2D eigenvalue weighted by Gasteiger charge is 2.35. The van der Waals surface area contributed by atoms with E-state index in [1.165, 1.54) is 0 Å². The zero-order chi connectivity index (χ0) is 46.6. The second-order valence-electron chi connectivity index (χ2n) is 15.3. The van der Waals surface area contributed by atoms with Gasteiger partial charge in [0.05, 0.1) is 23.7 Å². The second-order valence-corrected chi connectivity index (χ2v) is 23.2. The first-order valence-corrected chi connectivity index (χ1v) is 27.0. The summed E-state index contributed by atoms with van der Waals surface area (Å²) in [6.45, 7) is -0.301. The summed E-state index contributed by atoms with van der Waals surface area (Å²) in [5.41, 5.74) is 3.53. The van der Waals surface area contributed by atoms with Crippen molar-refractivity contribution in [2.24, 2.45) is 5.92 Å². The topological polar surface area (TPSA) is 86.7 Å². The van der Waals surface area contributed by atoms with Gasteiger partial charge in [-0.3, -0.25) is 8.37 Å². The van der Waals surface area contributed by atoms with E-state index in [2.05, 4.69) is 0 Å². The predicted molar refractivity (Wildman–Crippen MR) is 269 cm³/mol. The minimum absolute atomic E-state index is 0.132. The fourth-order valence-corrected chi connectivity index (χ4v) is 12.9. The third kappa shape index (κ3) is 16.5. The number of aryl methyl sites for hydroxylation is 2. The van der Waals surface area contributed by atoms with Crippen LogP contribution in [-0.2, 0) is 60.7 Å². The van der Waals surface area contributed by atoms with E-state index in [0.717, 1.165) is 11.1 Å². The van der Waals surface area contributed by atoms with Crippen molar-refractivity contribution in [3.05, 3.63) is 169 Å². The molecule has 0 heterocycles. The lowest BCUT2D eigenvalue weighted by Crippen LogP contribution is -2.34. The Morgan fingerprint density at radius 1 is 0.391 bits per heavy atom. The maximum atomic E-state index is 14.5. The molecule has 0 N–H and O–H groups in total. The van der Waals surface area contributed by atoms with Crippen LogP contribution in [0.5, 0.6) is 0 Å². The Kier molecular flexibility index (Phi) is 21.4. The quantitative estimate of drug-likeness (QED) is 0.0452. The molecule has 346 valence electrons. The molecule has 0 fully saturated rings. The molecule has 64 heavy (non-hydrogen) atoms. The molecule has 6 nitrogen and oxygen atoms in total. The van der Waals surface area contributed by atoms with Crippen molar-refractivity contribution < 1.29 is 25.2 Å². The molecular formula is C46H44Cl10O6S2. The summed E-state index contributed by atoms with van der Waals surface area (Å²) < 4.78 is 68.2. The van der Waals surface area contributed by atoms with Crippen LogP contribution in [0.4, 0.5) is 0 Å². The lowest BCUT2D eigenvalue weighted by atomic mass is 9.88. The van der Waals surface area contributed by atoms with Gasteiger partial charge in [0.2, 0.25) is 0 Å². The van der Waals surface area contributed by atoms with Gasteiger partial charge in [-0.1, -0.05) is 159 Å². The van der Waals surface area contributed by atoms with Crippen LogP contribution in [0.15, 0.2) is 91.0 Å². The molecule has 18 heteroatoms. The second kappa shape index (κ2) is 25.4. The van der Waals surface area contributed by atoms with E-state index >= 15 is 0 Å². The van der Waals surface area contributed by atoms with Crippen LogP contribution in [0, 0.1) is 5.92 Å². The van der Waals surface area contributed by atoms with Crippen molar-refractivity contribution in [2.45, 2.75) is 81.1 Å². The van der Waals surface area contributed by atoms with Crippen molar-refractivity contribution in [1.82, 2.24) is 0 Å². The summed E-state index contributed by atoms with van der Waals surface area (Å²) in [6.07, 6.45) is 3.17. The molecule has 3 unspecified atom stereocenters. The van der Waals surface area contributed by atoms with Crippen LogP contribution in [0.2, 0.25) is 50.2 Å². The summed E-state index contributed by atoms with van der Waals surface area (Å²) in [5.74, 6) is -0.544. The monoisotopic (exact) mass is 1110 g/mol. The largest absolute Gasteiger partial charge is 0.270 e. The Hall–Kier alpha value is -1.18. The number of hydrogen-bond donors (Lipinski definition) is 0. The first-order valence-electron chi connectivity index (χ1n) is 20.3. The average molecular weight is 1110 g/mol. The molecule has 0 aliphatic carbocycles. The molecule has 0 aliphatic rings. The van der Waals surface area contributed by atoms with Gasteiger partial charge in [0.15, 0.2) is 0 Å². The Morgan fingerprint density at radius 3 is 1.14 bits per heavy atom. The van der Waals surface area contributed by atoms with Crippen molar-refractivity contribution in [3.63, 3.8) is 0 Å². The third-order valence-corrected chi connectivity index (χ3v) is 17.5. The van der Waals surface area contributed by atoms with Crippen molar-refractivity contribution >= 4 is 136 Å². The normalized spacial score (nSPS) is 13.5. The summed E-state index contributed by atoms with van der Waals surface area (Å²) in [5, 5.41) is 2.32. The van der Waals surface area contributed by atoms with E-state index < -0.39 is 36.7 Å². The smallest absolute Gasteiger partial charge is 0.270 e. The van der Waals surface area contributed by atoms with Gasteiger partial charge in [-0.2, -0.15) is 16.8 Å². The van der Waals surface area contributed by atoms with Gasteiger partial charge < -0.3 is 0 Å². The van der Waals surface area contributed by atoms with Crippen LogP contribution in [0.3, 0.4) is 0 Å². The maximum absolute atomic E-state index is 14.5. The summed E-state index contributed by atoms with van der Waals surface area (Å²) in [7, 11) is -8.38. The molecule has 0 spiro atoms. The molecule has 0 radical (unpaired) electrons. The fourth-order valence-electron chi connectivity index (χ4n) is 7.45. The van der Waals surface area contributed by atoms with E-state index in [9.17, 15) is 16.8 Å². The van der Waals surface area contributed by atoms with Gasteiger partial charge in [0.1, 0.15) is 0 Å². The molecule has 5 rings (SSSR count). The molecule has 0 amide bonds. The average Bonchev–Trinajstić information content (AvgIpc) is 3.21. The standard InChI is InChI=1S/C46H44Cl10O6S2/c47-35-12-5-29(41(52)24-35)10-17-40(63(57,58)61-21-19-31-7-14-37(49)26-43(31)54)4-2-1-3-34(23-33-9-16-39(51)28-45(33)56)46(18-11-30-6-13-36(48)25-42(30)53)64(59,60)62-22-20-32-8-15-38(50)27-44(32)55/h5-9,12-16,24-28,34,40,46H,1-4,10-11,17-23H2. The molecule has 0 saturated carbocycles. The van der Waals surface area contributed by atoms with Gasteiger partial charge in [0.25, 0.3) is 20.2 Å². The highest BCUT2D eigenvalue weighted by atomic mass is 35.5. The molecular weight excluding hydrogens is 1070 g/mol. The predicted octanol–water partition coefficient (Wildman–Crippen LogP) is 16.1. The molecule has 0 aliphatic heterocycles. The first kappa shape index (κ1) is 53.8. The van der Waals surface area contributed by atoms with Gasteiger partial charge in [0, 0.05) is 50.2 Å². The van der Waals surface area contributed by atoms with E-state index in [0.29, 0.717) is 99.0 Å². The van der Waals surface area contributed by atoms with Crippen LogP contribution >= 0.6 is 116 Å². The third-order valence-electron chi connectivity index (χ3n) is 10.9. The van der Waals surface area contributed by atoms with Crippen molar-refractivity contribution in [1.29, 1.82) is 0 Å². The van der Waals surface area contributed by atoms with Gasteiger partial charge in [-0.05, 0) is 152 Å². The Morgan fingerprint density at radius 2 is 0.734 bits per heavy atom. The van der Waals surface area contributed by atoms with E-state index in [4.69, 9.17) is 124 Å². The maximum Gasteiger partial charge on any atom is 0.270 e. The summed E-state index contributed by atoms with van der Waals surface area (Å²) in [4.78, 5) is 0. The van der Waals surface area contributed by atoms with Gasteiger partial charge in [-0.25, -0.2) is 0 Å². The van der Waals surface area contributed by atoms with Crippen LogP contribution in [-0.4, -0.2) is 40.5 Å². The Bertz CT molecular complexity index is 2590. The number of hydrogen-bond acceptors (Lipinski definition) is 6. The summed E-state index contributed by atoms with van der Waals surface area (Å²) >= 11 is 63.2.